The molecule has 0 amide bonds. The van der Waals surface area contributed by atoms with E-state index >= 15 is 0 Å². The Morgan fingerprint density at radius 1 is 0.875 bits per heavy atom. The van der Waals surface area contributed by atoms with Crippen LogP contribution in [-0.2, 0) is 10.0 Å². The zero-order valence-electron chi connectivity index (χ0n) is 18.4. The van der Waals surface area contributed by atoms with Crippen LogP contribution in [0.3, 0.4) is 0 Å². The van der Waals surface area contributed by atoms with Crippen molar-refractivity contribution in [3.05, 3.63) is 71.3 Å². The number of nitrogens with zero attached hydrogens (tertiary/aromatic N) is 4. The van der Waals surface area contributed by atoms with E-state index in [4.69, 9.17) is 0 Å². The summed E-state index contributed by atoms with van der Waals surface area (Å²) in [6.07, 6.45) is 0. The predicted molar refractivity (Wildman–Crippen MR) is 124 cm³/mol. The predicted octanol–water partition coefficient (Wildman–Crippen LogP) is 3.47. The van der Waals surface area contributed by atoms with Crippen LogP contribution in [0.25, 0.3) is 11.3 Å². The van der Waals surface area contributed by atoms with Crippen LogP contribution in [0.5, 0.6) is 0 Å². The second kappa shape index (κ2) is 8.80. The minimum Gasteiger partial charge on any atom is -0.352 e. The van der Waals surface area contributed by atoms with Crippen molar-refractivity contribution in [3.63, 3.8) is 0 Å². The van der Waals surface area contributed by atoms with E-state index in [1.807, 2.05) is 17.0 Å². The molecule has 7 nitrogen and oxygen atoms in total. The van der Waals surface area contributed by atoms with Gasteiger partial charge in [-0.2, -0.15) is 4.31 Å². The number of rotatable bonds is 5. The Hall–Kier alpha value is -3.10. The van der Waals surface area contributed by atoms with Gasteiger partial charge < -0.3 is 4.90 Å². The summed E-state index contributed by atoms with van der Waals surface area (Å²) in [6.45, 7) is 7.36. The summed E-state index contributed by atoms with van der Waals surface area (Å²) in [7, 11) is -3.60. The topological polar surface area (TPSA) is 83.5 Å². The molecule has 1 aromatic heterocycles. The van der Waals surface area contributed by atoms with Crippen LogP contribution >= 0.6 is 0 Å². The molecule has 1 saturated heterocycles. The molecule has 0 unspecified atom stereocenters. The molecule has 1 fully saturated rings. The Kier molecular flexibility index (Phi) is 6.08. The highest BCUT2D eigenvalue weighted by Crippen LogP contribution is 2.24. The lowest BCUT2D eigenvalue weighted by molar-refractivity contribution is 0.101. The SMILES string of the molecule is CC(=O)c1ccc(S(=O)(=O)N2CCN(c3ccc(-c4ccc(C)cc4C)nn3)CC2)cc1. The highest BCUT2D eigenvalue weighted by molar-refractivity contribution is 7.89. The van der Waals surface area contributed by atoms with E-state index in [9.17, 15) is 13.2 Å². The Morgan fingerprint density at radius 3 is 2.12 bits per heavy atom. The first kappa shape index (κ1) is 22.1. The second-order valence-corrected chi connectivity index (χ2v) is 10.0. The lowest BCUT2D eigenvalue weighted by Gasteiger charge is -2.34. The summed E-state index contributed by atoms with van der Waals surface area (Å²) in [4.78, 5) is 13.7. The Morgan fingerprint density at radius 2 is 1.56 bits per heavy atom. The molecule has 0 atom stereocenters. The van der Waals surface area contributed by atoms with E-state index in [0.717, 1.165) is 22.6 Å². The monoisotopic (exact) mass is 450 g/mol. The van der Waals surface area contributed by atoms with Crippen LogP contribution in [0.4, 0.5) is 5.82 Å². The third kappa shape index (κ3) is 4.42. The van der Waals surface area contributed by atoms with E-state index in [1.54, 1.807) is 12.1 Å². The van der Waals surface area contributed by atoms with Gasteiger partial charge in [-0.1, -0.05) is 35.9 Å². The van der Waals surface area contributed by atoms with Crippen molar-refractivity contribution in [1.29, 1.82) is 0 Å². The number of hydrogen-bond acceptors (Lipinski definition) is 6. The summed E-state index contributed by atoms with van der Waals surface area (Å²) in [5.41, 5.74) is 4.74. The lowest BCUT2D eigenvalue weighted by Crippen LogP contribution is -2.49. The van der Waals surface area contributed by atoms with Crippen LogP contribution in [0.1, 0.15) is 28.4 Å². The number of piperazine rings is 1. The van der Waals surface area contributed by atoms with Gasteiger partial charge in [0, 0.05) is 37.3 Å². The average molecular weight is 451 g/mol. The molecule has 3 aromatic rings. The first-order valence-electron chi connectivity index (χ1n) is 10.5. The van der Waals surface area contributed by atoms with Gasteiger partial charge in [0.25, 0.3) is 0 Å². The van der Waals surface area contributed by atoms with E-state index in [2.05, 4.69) is 42.2 Å². The van der Waals surface area contributed by atoms with Crippen LogP contribution in [0.15, 0.2) is 59.5 Å². The zero-order chi connectivity index (χ0) is 22.9. The fraction of sp³-hybridized carbons (Fsp3) is 0.292. The van der Waals surface area contributed by atoms with Crippen molar-refractivity contribution >= 4 is 21.6 Å². The first-order valence-corrected chi connectivity index (χ1v) is 12.0. The first-order chi connectivity index (χ1) is 15.3. The van der Waals surface area contributed by atoms with Gasteiger partial charge in [0.1, 0.15) is 0 Å². The van der Waals surface area contributed by atoms with E-state index in [0.29, 0.717) is 31.7 Å². The van der Waals surface area contributed by atoms with Crippen molar-refractivity contribution < 1.29 is 13.2 Å². The standard InChI is InChI=1S/C24H26N4O3S/c1-17-4-9-22(18(2)16-17)23-10-11-24(26-25-23)27-12-14-28(15-13-27)32(30,31)21-7-5-20(6-8-21)19(3)29/h4-11,16H,12-15H2,1-3H3. The molecule has 1 aliphatic rings. The molecule has 8 heteroatoms. The van der Waals surface area contributed by atoms with Crippen molar-refractivity contribution in [2.45, 2.75) is 25.7 Å². The smallest absolute Gasteiger partial charge is 0.243 e. The molecule has 0 saturated carbocycles. The number of hydrogen-bond donors (Lipinski definition) is 0. The number of aromatic nitrogens is 2. The fourth-order valence-electron chi connectivity index (χ4n) is 3.91. The quantitative estimate of drug-likeness (QED) is 0.554. The molecule has 2 aromatic carbocycles. The molecule has 32 heavy (non-hydrogen) atoms. The Balaban J connectivity index is 1.43. The van der Waals surface area contributed by atoms with Gasteiger partial charge in [0.05, 0.1) is 10.6 Å². The molecule has 0 radical (unpaired) electrons. The van der Waals surface area contributed by atoms with Gasteiger partial charge in [-0.15, -0.1) is 10.2 Å². The van der Waals surface area contributed by atoms with Crippen molar-refractivity contribution in [1.82, 2.24) is 14.5 Å². The maximum absolute atomic E-state index is 13.0. The molecule has 0 aliphatic carbocycles. The van der Waals surface area contributed by atoms with E-state index in [1.165, 1.54) is 28.9 Å². The minimum atomic E-state index is -3.60. The van der Waals surface area contributed by atoms with Crippen molar-refractivity contribution in [3.8, 4) is 11.3 Å². The van der Waals surface area contributed by atoms with Gasteiger partial charge in [0.15, 0.2) is 11.6 Å². The molecular weight excluding hydrogens is 424 g/mol. The second-order valence-electron chi connectivity index (χ2n) is 8.07. The highest BCUT2D eigenvalue weighted by atomic mass is 32.2. The number of Topliss-reactive ketones (excluding diaryl/α,β-unsaturated/α-hetero) is 1. The zero-order valence-corrected chi connectivity index (χ0v) is 19.3. The summed E-state index contributed by atoms with van der Waals surface area (Å²) in [5, 5.41) is 8.79. The largest absolute Gasteiger partial charge is 0.352 e. The molecule has 0 spiro atoms. The van der Waals surface area contributed by atoms with E-state index in [-0.39, 0.29) is 10.7 Å². The number of anilines is 1. The molecule has 1 aliphatic heterocycles. The number of carbonyl (C=O) groups excluding carboxylic acids is 1. The van der Waals surface area contributed by atoms with Gasteiger partial charge in [-0.05, 0) is 50.6 Å². The Bertz CT molecular complexity index is 1230. The molecule has 2 heterocycles. The summed E-state index contributed by atoms with van der Waals surface area (Å²) < 4.78 is 27.4. The van der Waals surface area contributed by atoms with Crippen molar-refractivity contribution in [2.24, 2.45) is 0 Å². The van der Waals surface area contributed by atoms with Gasteiger partial charge >= 0.3 is 0 Å². The van der Waals surface area contributed by atoms with Crippen LogP contribution in [0, 0.1) is 13.8 Å². The summed E-state index contributed by atoms with van der Waals surface area (Å²) in [5.74, 6) is 0.647. The van der Waals surface area contributed by atoms with Crippen LogP contribution in [0.2, 0.25) is 0 Å². The maximum atomic E-state index is 13.0. The average Bonchev–Trinajstić information content (AvgIpc) is 2.79. The molecule has 166 valence electrons. The molecule has 0 N–H and O–H groups in total. The van der Waals surface area contributed by atoms with Crippen LogP contribution in [-0.4, -0.2) is 54.9 Å². The van der Waals surface area contributed by atoms with Gasteiger partial charge in [-0.3, -0.25) is 4.79 Å². The molecule has 4 rings (SSSR count). The number of aryl methyl sites for hydroxylation is 2. The highest BCUT2D eigenvalue weighted by Gasteiger charge is 2.29. The third-order valence-corrected chi connectivity index (χ3v) is 7.68. The molecule has 0 bridgehead atoms. The number of sulfonamides is 1. The van der Waals surface area contributed by atoms with E-state index < -0.39 is 10.0 Å². The van der Waals surface area contributed by atoms with Crippen molar-refractivity contribution in [2.75, 3.05) is 31.1 Å². The summed E-state index contributed by atoms with van der Waals surface area (Å²) in [6, 6.07) is 16.2. The molecular formula is C24H26N4O3S. The maximum Gasteiger partial charge on any atom is 0.243 e. The third-order valence-electron chi connectivity index (χ3n) is 5.77. The normalized spacial score (nSPS) is 15.0. The lowest BCUT2D eigenvalue weighted by atomic mass is 10.0. The minimum absolute atomic E-state index is 0.0905. The Labute approximate surface area is 188 Å². The number of carbonyl (C=O) groups is 1. The number of ketones is 1. The van der Waals surface area contributed by atoms with Gasteiger partial charge in [0.2, 0.25) is 10.0 Å². The summed E-state index contributed by atoms with van der Waals surface area (Å²) >= 11 is 0. The number of benzene rings is 2. The fourth-order valence-corrected chi connectivity index (χ4v) is 5.33. The van der Waals surface area contributed by atoms with Crippen LogP contribution < -0.4 is 4.90 Å². The van der Waals surface area contributed by atoms with Gasteiger partial charge in [-0.25, -0.2) is 8.42 Å².